The summed E-state index contributed by atoms with van der Waals surface area (Å²) in [5.74, 6) is 0. The molecular weight excluding hydrogens is 175 g/mol. The summed E-state index contributed by atoms with van der Waals surface area (Å²) in [6.45, 7) is 0. The van der Waals surface area contributed by atoms with Crippen LogP contribution in [0.25, 0.3) is 0 Å². The predicted molar refractivity (Wildman–Crippen MR) is 47.3 cm³/mol. The summed E-state index contributed by atoms with van der Waals surface area (Å²) in [7, 11) is 2.12. The lowest BCUT2D eigenvalue weighted by atomic mass is 9.92. The van der Waals surface area contributed by atoms with Crippen LogP contribution in [0.1, 0.15) is 5.56 Å². The molecule has 0 N–H and O–H groups in total. The van der Waals surface area contributed by atoms with E-state index in [1.807, 2.05) is 0 Å². The Balaban J connectivity index is 3.01. The Morgan fingerprint density at radius 3 is 2.44 bits per heavy atom. The largest absolute Gasteiger partial charge is 0.139 e. The molecule has 1 rings (SSSR count). The van der Waals surface area contributed by atoms with Crippen LogP contribution >= 0.6 is 15.9 Å². The van der Waals surface area contributed by atoms with E-state index in [2.05, 4.69) is 48.0 Å². The third-order valence-corrected chi connectivity index (χ3v) is 2.01. The molecule has 1 aromatic carbocycles. The molecule has 0 aromatic heterocycles. The molecule has 46 valence electrons. The highest BCUT2D eigenvalue weighted by atomic mass is 79.9. The van der Waals surface area contributed by atoms with Crippen molar-refractivity contribution in [3.05, 3.63) is 29.8 Å². The zero-order valence-electron chi connectivity index (χ0n) is 5.39. The lowest BCUT2D eigenvalue weighted by molar-refractivity contribution is 1.48. The van der Waals surface area contributed by atoms with E-state index in [4.69, 9.17) is 0 Å². The summed E-state index contributed by atoms with van der Waals surface area (Å²) < 4.78 is 0. The molecule has 2 heteroatoms. The normalized spacial score (nSPS) is 9.44. The molecular formula is C7H8BBr. The van der Waals surface area contributed by atoms with Crippen molar-refractivity contribution in [1.82, 2.24) is 0 Å². The van der Waals surface area contributed by atoms with Gasteiger partial charge >= 0.3 is 0 Å². The van der Waals surface area contributed by atoms with Gasteiger partial charge in [0.1, 0.15) is 7.85 Å². The van der Waals surface area contributed by atoms with Gasteiger partial charge in [-0.25, -0.2) is 0 Å². The van der Waals surface area contributed by atoms with E-state index in [1.165, 1.54) is 11.0 Å². The maximum absolute atomic E-state index is 3.41. The summed E-state index contributed by atoms with van der Waals surface area (Å²) in [4.78, 5) is 0. The van der Waals surface area contributed by atoms with Crippen molar-refractivity contribution in [3.8, 4) is 0 Å². The highest BCUT2D eigenvalue weighted by molar-refractivity contribution is 9.08. The second kappa shape index (κ2) is 3.07. The van der Waals surface area contributed by atoms with Crippen LogP contribution in [0.2, 0.25) is 0 Å². The summed E-state index contributed by atoms with van der Waals surface area (Å²) >= 11 is 3.41. The second-order valence-electron chi connectivity index (χ2n) is 2.06. The van der Waals surface area contributed by atoms with Crippen molar-refractivity contribution in [3.63, 3.8) is 0 Å². The lowest BCUT2D eigenvalue weighted by Crippen LogP contribution is -2.06. The molecule has 0 fully saturated rings. The molecule has 0 saturated heterocycles. The van der Waals surface area contributed by atoms with Crippen molar-refractivity contribution in [2.75, 3.05) is 0 Å². The van der Waals surface area contributed by atoms with Crippen LogP contribution in [-0.4, -0.2) is 7.85 Å². The van der Waals surface area contributed by atoms with Crippen LogP contribution in [0.4, 0.5) is 0 Å². The van der Waals surface area contributed by atoms with Gasteiger partial charge in [0.15, 0.2) is 0 Å². The molecule has 1 aromatic rings. The van der Waals surface area contributed by atoms with Crippen LogP contribution in [0.15, 0.2) is 24.3 Å². The van der Waals surface area contributed by atoms with E-state index in [-0.39, 0.29) is 0 Å². The Morgan fingerprint density at radius 2 is 2.00 bits per heavy atom. The highest BCUT2D eigenvalue weighted by Gasteiger charge is 1.90. The van der Waals surface area contributed by atoms with Crippen molar-refractivity contribution in [2.45, 2.75) is 5.33 Å². The van der Waals surface area contributed by atoms with Gasteiger partial charge in [0.25, 0.3) is 0 Å². The number of benzene rings is 1. The van der Waals surface area contributed by atoms with Gasteiger partial charge in [-0.2, -0.15) is 0 Å². The number of hydrogen-bond donors (Lipinski definition) is 0. The Bertz CT molecular complexity index is 198. The molecule has 0 radical (unpaired) electrons. The molecule has 0 spiro atoms. The minimum atomic E-state index is 0.958. The summed E-state index contributed by atoms with van der Waals surface area (Å²) in [5, 5.41) is 0.958. The van der Waals surface area contributed by atoms with E-state index >= 15 is 0 Å². The smallest absolute Gasteiger partial charge is 0.0877 e. The number of halogens is 1. The monoisotopic (exact) mass is 182 g/mol. The molecule has 0 aliphatic carbocycles. The van der Waals surface area contributed by atoms with Gasteiger partial charge in [-0.15, -0.1) is 0 Å². The second-order valence-corrected chi connectivity index (χ2v) is 2.62. The van der Waals surface area contributed by atoms with Crippen LogP contribution in [0, 0.1) is 0 Å². The van der Waals surface area contributed by atoms with Crippen LogP contribution in [-0.2, 0) is 5.33 Å². The average molecular weight is 183 g/mol. The fourth-order valence-electron chi connectivity index (χ4n) is 0.760. The zero-order chi connectivity index (χ0) is 6.69. The molecule has 9 heavy (non-hydrogen) atoms. The molecule has 0 nitrogen and oxygen atoms in total. The minimum Gasteiger partial charge on any atom is -0.0877 e. The highest BCUT2D eigenvalue weighted by Crippen LogP contribution is 1.99. The number of rotatable bonds is 1. The Labute approximate surface area is 64.8 Å². The zero-order valence-corrected chi connectivity index (χ0v) is 6.98. The van der Waals surface area contributed by atoms with Gasteiger partial charge in [-0.05, 0) is 5.56 Å². The maximum Gasteiger partial charge on any atom is 0.139 e. The van der Waals surface area contributed by atoms with Gasteiger partial charge in [0.05, 0.1) is 0 Å². The predicted octanol–water partition coefficient (Wildman–Crippen LogP) is 0.840. The average Bonchev–Trinajstić information content (AvgIpc) is 1.89. The van der Waals surface area contributed by atoms with Crippen molar-refractivity contribution in [2.24, 2.45) is 0 Å². The topological polar surface area (TPSA) is 0 Å². The lowest BCUT2D eigenvalue weighted by Gasteiger charge is -1.97. The first-order valence-electron chi connectivity index (χ1n) is 2.95. The Morgan fingerprint density at radius 1 is 1.33 bits per heavy atom. The van der Waals surface area contributed by atoms with Crippen LogP contribution in [0.3, 0.4) is 0 Å². The maximum atomic E-state index is 3.41. The quantitative estimate of drug-likeness (QED) is 0.446. The van der Waals surface area contributed by atoms with Crippen molar-refractivity contribution >= 4 is 29.2 Å². The fraction of sp³-hybridized carbons (Fsp3) is 0.143. The van der Waals surface area contributed by atoms with Crippen LogP contribution < -0.4 is 5.46 Å². The van der Waals surface area contributed by atoms with Gasteiger partial charge in [-0.3, -0.25) is 0 Å². The van der Waals surface area contributed by atoms with E-state index in [0.29, 0.717) is 0 Å². The molecule has 0 unspecified atom stereocenters. The van der Waals surface area contributed by atoms with Crippen molar-refractivity contribution < 1.29 is 0 Å². The third-order valence-electron chi connectivity index (χ3n) is 1.41. The first-order chi connectivity index (χ1) is 4.34. The third kappa shape index (κ3) is 1.58. The Kier molecular flexibility index (Phi) is 2.34. The van der Waals surface area contributed by atoms with E-state index < -0.39 is 0 Å². The van der Waals surface area contributed by atoms with E-state index in [1.54, 1.807) is 0 Å². The molecule has 0 amide bonds. The number of hydrogen-bond acceptors (Lipinski definition) is 0. The van der Waals surface area contributed by atoms with Crippen molar-refractivity contribution in [1.29, 1.82) is 0 Å². The molecule has 0 heterocycles. The van der Waals surface area contributed by atoms with E-state index in [9.17, 15) is 0 Å². The van der Waals surface area contributed by atoms with Gasteiger partial charge in [0, 0.05) is 5.33 Å². The van der Waals surface area contributed by atoms with Crippen LogP contribution in [0.5, 0.6) is 0 Å². The fourth-order valence-corrected chi connectivity index (χ4v) is 1.39. The van der Waals surface area contributed by atoms with Gasteiger partial charge < -0.3 is 0 Å². The number of alkyl halides is 1. The summed E-state index contributed by atoms with van der Waals surface area (Å²) in [6, 6.07) is 8.37. The van der Waals surface area contributed by atoms with E-state index in [0.717, 1.165) is 5.33 Å². The van der Waals surface area contributed by atoms with Gasteiger partial charge in [-0.1, -0.05) is 45.7 Å². The summed E-state index contributed by atoms with van der Waals surface area (Å²) in [5.41, 5.74) is 2.73. The molecule has 0 atom stereocenters. The molecule has 0 aliphatic heterocycles. The standard InChI is InChI=1S/C7H8BBr/c8-7-4-2-1-3-6(7)5-9/h1-4H,5,8H2. The summed E-state index contributed by atoms with van der Waals surface area (Å²) in [6.07, 6.45) is 0. The minimum absolute atomic E-state index is 0.958. The first kappa shape index (κ1) is 6.88. The molecule has 0 saturated carbocycles. The molecule has 0 bridgehead atoms. The molecule has 0 aliphatic rings. The van der Waals surface area contributed by atoms with Gasteiger partial charge in [0.2, 0.25) is 0 Å². The first-order valence-corrected chi connectivity index (χ1v) is 4.07. The SMILES string of the molecule is Bc1ccccc1CBr. The Hall–Kier alpha value is -0.235.